The first-order chi connectivity index (χ1) is 14.0. The molecule has 1 unspecified atom stereocenters. The maximum Gasteiger partial charge on any atom is 0.243 e. The van der Waals surface area contributed by atoms with Crippen LogP contribution in [0.1, 0.15) is 33.1 Å². The van der Waals surface area contributed by atoms with E-state index in [-0.39, 0.29) is 23.3 Å². The van der Waals surface area contributed by atoms with Crippen LogP contribution in [0.2, 0.25) is 0 Å². The molecular weight excluding hydrogens is 390 g/mol. The zero-order valence-corrected chi connectivity index (χ0v) is 18.1. The normalized spacial score (nSPS) is 18.2. The second kappa shape index (κ2) is 9.73. The van der Waals surface area contributed by atoms with Crippen molar-refractivity contribution in [2.45, 2.75) is 44.6 Å². The fraction of sp³-hybridized carbons (Fsp3) is 0.571. The van der Waals surface area contributed by atoms with Crippen molar-refractivity contribution in [1.82, 2.24) is 14.2 Å². The third kappa shape index (κ3) is 4.99. The minimum atomic E-state index is -3.63. The Balaban J connectivity index is 1.66. The molecule has 8 heteroatoms. The number of ether oxygens (including phenoxy) is 1. The molecule has 1 aliphatic rings. The lowest BCUT2D eigenvalue weighted by molar-refractivity contribution is -0.126. The number of hydrogen-bond acceptors (Lipinski definition) is 4. The molecule has 3 rings (SSSR count). The van der Waals surface area contributed by atoms with E-state index >= 15 is 0 Å². The summed E-state index contributed by atoms with van der Waals surface area (Å²) in [6.07, 6.45) is 4.12. The molecular formula is C21H31N3O4S. The molecule has 0 bridgehead atoms. The highest BCUT2D eigenvalue weighted by Crippen LogP contribution is 2.27. The van der Waals surface area contributed by atoms with Crippen molar-refractivity contribution in [3.05, 3.63) is 30.5 Å². The van der Waals surface area contributed by atoms with Gasteiger partial charge in [0, 0.05) is 56.5 Å². The third-order valence-electron chi connectivity index (χ3n) is 5.44. The molecule has 1 atom stereocenters. The van der Waals surface area contributed by atoms with E-state index < -0.39 is 10.0 Å². The summed E-state index contributed by atoms with van der Waals surface area (Å²) in [6.45, 7) is 7.34. The molecule has 1 saturated heterocycles. The number of sulfonamides is 1. The number of aromatic nitrogens is 1. The van der Waals surface area contributed by atoms with E-state index in [1.54, 1.807) is 12.1 Å². The lowest BCUT2D eigenvalue weighted by Crippen LogP contribution is -2.45. The Kier molecular flexibility index (Phi) is 7.32. The van der Waals surface area contributed by atoms with Crippen molar-refractivity contribution in [2.75, 3.05) is 32.8 Å². The Morgan fingerprint density at radius 2 is 2.10 bits per heavy atom. The molecule has 29 heavy (non-hydrogen) atoms. The number of carbonyl (C=O) groups is 1. The van der Waals surface area contributed by atoms with Crippen molar-refractivity contribution in [2.24, 2.45) is 5.92 Å². The largest absolute Gasteiger partial charge is 0.382 e. The molecule has 0 aliphatic carbocycles. The molecule has 7 nitrogen and oxygen atoms in total. The minimum absolute atomic E-state index is 0.0723. The maximum absolute atomic E-state index is 13.2. The Bertz CT molecular complexity index is 939. The van der Waals surface area contributed by atoms with Gasteiger partial charge in [-0.2, -0.15) is 4.31 Å². The molecule has 0 saturated carbocycles. The lowest BCUT2D eigenvalue weighted by atomic mass is 9.99. The molecule has 1 aliphatic heterocycles. The number of benzene rings is 1. The van der Waals surface area contributed by atoms with Gasteiger partial charge in [-0.25, -0.2) is 8.42 Å². The number of piperidine rings is 1. The first kappa shape index (κ1) is 21.8. The van der Waals surface area contributed by atoms with Crippen LogP contribution < -0.4 is 5.32 Å². The average Bonchev–Trinajstić information content (AvgIpc) is 3.16. The van der Waals surface area contributed by atoms with Crippen molar-refractivity contribution < 1.29 is 17.9 Å². The quantitative estimate of drug-likeness (QED) is 0.631. The Labute approximate surface area is 173 Å². The topological polar surface area (TPSA) is 80.6 Å². The summed E-state index contributed by atoms with van der Waals surface area (Å²) in [4.78, 5) is 12.8. The number of fused-ring (bicyclic) bond motifs is 1. The first-order valence-electron chi connectivity index (χ1n) is 10.4. The van der Waals surface area contributed by atoms with E-state index in [0.29, 0.717) is 39.1 Å². The van der Waals surface area contributed by atoms with Gasteiger partial charge in [0.05, 0.1) is 10.8 Å². The van der Waals surface area contributed by atoms with Gasteiger partial charge in [-0.05, 0) is 57.4 Å². The molecule has 160 valence electrons. The molecule has 1 aromatic carbocycles. The van der Waals surface area contributed by atoms with Gasteiger partial charge in [0.1, 0.15) is 0 Å². The Morgan fingerprint density at radius 1 is 1.28 bits per heavy atom. The van der Waals surface area contributed by atoms with Gasteiger partial charge in [-0.3, -0.25) is 4.79 Å². The van der Waals surface area contributed by atoms with Crippen LogP contribution >= 0.6 is 0 Å². The highest BCUT2D eigenvalue weighted by atomic mass is 32.2. The average molecular weight is 422 g/mol. The second-order valence-electron chi connectivity index (χ2n) is 7.37. The van der Waals surface area contributed by atoms with E-state index in [1.807, 2.05) is 25.3 Å². The maximum atomic E-state index is 13.2. The van der Waals surface area contributed by atoms with Crippen molar-refractivity contribution in [3.8, 4) is 0 Å². The smallest absolute Gasteiger partial charge is 0.243 e. The predicted molar refractivity (Wildman–Crippen MR) is 113 cm³/mol. The van der Waals surface area contributed by atoms with Crippen molar-refractivity contribution >= 4 is 26.8 Å². The standard InChI is InChI=1S/C21H31N3O4S/c1-3-23-13-10-17-15-19(8-9-20(17)23)29(26,27)24-12-5-7-18(16-24)21(25)22-11-6-14-28-4-2/h8-10,13,15,18H,3-7,11-12,14,16H2,1-2H3,(H,22,25). The van der Waals surface area contributed by atoms with Gasteiger partial charge in [0.2, 0.25) is 15.9 Å². The van der Waals surface area contributed by atoms with Gasteiger partial charge in [-0.15, -0.1) is 0 Å². The fourth-order valence-electron chi connectivity index (χ4n) is 3.81. The summed E-state index contributed by atoms with van der Waals surface area (Å²) < 4.78 is 35.2. The highest BCUT2D eigenvalue weighted by molar-refractivity contribution is 7.89. The minimum Gasteiger partial charge on any atom is -0.382 e. The fourth-order valence-corrected chi connectivity index (χ4v) is 5.37. The monoisotopic (exact) mass is 421 g/mol. The van der Waals surface area contributed by atoms with Crippen LogP contribution in [0.3, 0.4) is 0 Å². The Morgan fingerprint density at radius 3 is 2.86 bits per heavy atom. The van der Waals surface area contributed by atoms with Gasteiger partial charge < -0.3 is 14.6 Å². The number of carbonyl (C=O) groups excluding carboxylic acids is 1. The summed E-state index contributed by atoms with van der Waals surface area (Å²) in [5.74, 6) is -0.382. The SMILES string of the molecule is CCOCCCNC(=O)C1CCCN(S(=O)(=O)c2ccc3c(ccn3CC)c2)C1. The van der Waals surface area contributed by atoms with Crippen LogP contribution in [0.4, 0.5) is 0 Å². The van der Waals surface area contributed by atoms with Crippen molar-refractivity contribution in [3.63, 3.8) is 0 Å². The van der Waals surface area contributed by atoms with E-state index in [2.05, 4.69) is 16.8 Å². The van der Waals surface area contributed by atoms with Crippen molar-refractivity contribution in [1.29, 1.82) is 0 Å². The lowest BCUT2D eigenvalue weighted by Gasteiger charge is -2.31. The molecule has 1 amide bonds. The summed E-state index contributed by atoms with van der Waals surface area (Å²) in [5, 5.41) is 3.82. The van der Waals surface area contributed by atoms with Crippen LogP contribution in [0.25, 0.3) is 10.9 Å². The van der Waals surface area contributed by atoms with E-state index in [9.17, 15) is 13.2 Å². The predicted octanol–water partition coefficient (Wildman–Crippen LogP) is 2.60. The van der Waals surface area contributed by atoms with Crippen LogP contribution in [-0.2, 0) is 26.1 Å². The second-order valence-corrected chi connectivity index (χ2v) is 9.30. The Hall–Kier alpha value is -1.90. The summed E-state index contributed by atoms with van der Waals surface area (Å²) in [7, 11) is -3.63. The van der Waals surface area contributed by atoms with Gasteiger partial charge in [-0.1, -0.05) is 0 Å². The number of amides is 1. The number of aryl methyl sites for hydroxylation is 1. The van der Waals surface area contributed by atoms with Gasteiger partial charge in [0.15, 0.2) is 0 Å². The molecule has 0 spiro atoms. The molecule has 0 radical (unpaired) electrons. The number of nitrogens with one attached hydrogen (secondary N) is 1. The van der Waals surface area contributed by atoms with Crippen LogP contribution in [-0.4, -0.2) is 56.0 Å². The molecule has 2 aromatic rings. The van der Waals surface area contributed by atoms with Crippen LogP contribution in [0.15, 0.2) is 35.4 Å². The van der Waals surface area contributed by atoms with Crippen LogP contribution in [0.5, 0.6) is 0 Å². The molecule has 1 fully saturated rings. The van der Waals surface area contributed by atoms with E-state index in [4.69, 9.17) is 4.74 Å². The van der Waals surface area contributed by atoms with Gasteiger partial charge >= 0.3 is 0 Å². The molecule has 2 heterocycles. The third-order valence-corrected chi connectivity index (χ3v) is 7.31. The zero-order valence-electron chi connectivity index (χ0n) is 17.3. The summed E-state index contributed by atoms with van der Waals surface area (Å²) >= 11 is 0. The van der Waals surface area contributed by atoms with E-state index in [1.165, 1.54) is 4.31 Å². The first-order valence-corrected chi connectivity index (χ1v) is 11.9. The number of hydrogen-bond donors (Lipinski definition) is 1. The number of rotatable bonds is 9. The van der Waals surface area contributed by atoms with Gasteiger partial charge in [0.25, 0.3) is 0 Å². The summed E-state index contributed by atoms with van der Waals surface area (Å²) in [6, 6.07) is 7.19. The molecule has 1 aromatic heterocycles. The highest BCUT2D eigenvalue weighted by Gasteiger charge is 2.33. The zero-order chi connectivity index (χ0) is 20.9. The van der Waals surface area contributed by atoms with E-state index in [0.717, 1.165) is 23.9 Å². The number of nitrogens with zero attached hydrogens (tertiary/aromatic N) is 2. The van der Waals surface area contributed by atoms with Crippen LogP contribution in [0, 0.1) is 5.92 Å². The summed E-state index contributed by atoms with van der Waals surface area (Å²) in [5.41, 5.74) is 1.02. The molecule has 1 N–H and O–H groups in total.